The van der Waals surface area contributed by atoms with Gasteiger partial charge in [0.1, 0.15) is 5.41 Å². The zero-order valence-electron chi connectivity index (χ0n) is 9.78. The SMILES string of the molecule is CCC(CSC)NC(=O)C1(C(=O)O)CCC1. The summed E-state index contributed by atoms with van der Waals surface area (Å²) in [7, 11) is 0. The predicted octanol–water partition coefficient (Wildman–Crippen LogP) is 1.50. The van der Waals surface area contributed by atoms with Crippen LogP contribution in [0.4, 0.5) is 0 Å². The minimum Gasteiger partial charge on any atom is -0.480 e. The Bertz CT molecular complexity index is 276. The molecule has 1 saturated carbocycles. The van der Waals surface area contributed by atoms with Gasteiger partial charge >= 0.3 is 5.97 Å². The van der Waals surface area contributed by atoms with Crippen molar-refractivity contribution in [2.75, 3.05) is 12.0 Å². The van der Waals surface area contributed by atoms with Crippen LogP contribution in [0, 0.1) is 5.41 Å². The van der Waals surface area contributed by atoms with Crippen LogP contribution in [0.3, 0.4) is 0 Å². The molecule has 4 nitrogen and oxygen atoms in total. The van der Waals surface area contributed by atoms with Crippen LogP contribution in [0.5, 0.6) is 0 Å². The highest BCUT2D eigenvalue weighted by Crippen LogP contribution is 2.41. The second-order valence-electron chi connectivity index (χ2n) is 4.27. The molecule has 1 amide bonds. The number of hydrogen-bond donors (Lipinski definition) is 2. The highest BCUT2D eigenvalue weighted by atomic mass is 32.2. The van der Waals surface area contributed by atoms with Gasteiger partial charge in [0.05, 0.1) is 0 Å². The van der Waals surface area contributed by atoms with Crippen molar-refractivity contribution < 1.29 is 14.7 Å². The van der Waals surface area contributed by atoms with Crippen molar-refractivity contribution in [2.24, 2.45) is 5.41 Å². The van der Waals surface area contributed by atoms with E-state index in [1.807, 2.05) is 13.2 Å². The van der Waals surface area contributed by atoms with Gasteiger partial charge in [0.2, 0.25) is 5.91 Å². The first-order valence-corrected chi connectivity index (χ1v) is 6.99. The lowest BCUT2D eigenvalue weighted by Crippen LogP contribution is -2.53. The van der Waals surface area contributed by atoms with Gasteiger partial charge in [-0.1, -0.05) is 13.3 Å². The molecule has 1 aliphatic carbocycles. The highest BCUT2D eigenvalue weighted by molar-refractivity contribution is 7.98. The van der Waals surface area contributed by atoms with Crippen LogP contribution in [0.1, 0.15) is 32.6 Å². The summed E-state index contributed by atoms with van der Waals surface area (Å²) >= 11 is 1.66. The first kappa shape index (κ1) is 13.4. The zero-order chi connectivity index (χ0) is 12.2. The van der Waals surface area contributed by atoms with Crippen molar-refractivity contribution in [3.8, 4) is 0 Å². The Balaban J connectivity index is 2.59. The van der Waals surface area contributed by atoms with E-state index in [0.29, 0.717) is 12.8 Å². The van der Waals surface area contributed by atoms with E-state index in [1.54, 1.807) is 11.8 Å². The molecule has 5 heteroatoms. The monoisotopic (exact) mass is 245 g/mol. The molecule has 1 fully saturated rings. The van der Waals surface area contributed by atoms with Crippen molar-refractivity contribution in [1.82, 2.24) is 5.32 Å². The number of carbonyl (C=O) groups is 2. The van der Waals surface area contributed by atoms with E-state index in [9.17, 15) is 9.59 Å². The molecule has 0 bridgehead atoms. The normalized spacial score (nSPS) is 19.6. The molecule has 1 unspecified atom stereocenters. The number of thioether (sulfide) groups is 1. The third-order valence-corrected chi connectivity index (χ3v) is 3.98. The van der Waals surface area contributed by atoms with Gasteiger partial charge in [-0.15, -0.1) is 0 Å². The maximum absolute atomic E-state index is 11.9. The molecule has 92 valence electrons. The summed E-state index contributed by atoms with van der Waals surface area (Å²) in [4.78, 5) is 23.0. The fourth-order valence-corrected chi connectivity index (χ4v) is 2.58. The number of aliphatic carboxylic acids is 1. The van der Waals surface area contributed by atoms with Crippen molar-refractivity contribution in [2.45, 2.75) is 38.6 Å². The first-order valence-electron chi connectivity index (χ1n) is 5.60. The summed E-state index contributed by atoms with van der Waals surface area (Å²) in [5, 5.41) is 12.0. The van der Waals surface area contributed by atoms with Crippen molar-refractivity contribution >= 4 is 23.6 Å². The maximum Gasteiger partial charge on any atom is 0.319 e. The van der Waals surface area contributed by atoms with Crippen LogP contribution >= 0.6 is 11.8 Å². The summed E-state index contributed by atoms with van der Waals surface area (Å²) in [5.41, 5.74) is -1.13. The highest BCUT2D eigenvalue weighted by Gasteiger charge is 2.51. The molecule has 0 heterocycles. The average Bonchev–Trinajstić information content (AvgIpc) is 2.14. The Morgan fingerprint density at radius 3 is 2.44 bits per heavy atom. The zero-order valence-corrected chi connectivity index (χ0v) is 10.6. The molecule has 1 rings (SSSR count). The molecule has 1 aliphatic rings. The number of amides is 1. The fraction of sp³-hybridized carbons (Fsp3) is 0.818. The van der Waals surface area contributed by atoms with Gasteiger partial charge in [-0.3, -0.25) is 9.59 Å². The maximum atomic E-state index is 11.9. The lowest BCUT2D eigenvalue weighted by Gasteiger charge is -2.37. The van der Waals surface area contributed by atoms with Crippen molar-refractivity contribution in [1.29, 1.82) is 0 Å². The number of nitrogens with one attached hydrogen (secondary N) is 1. The number of carboxylic acid groups (broad SMARTS) is 1. The van der Waals surface area contributed by atoms with Crippen LogP contribution < -0.4 is 5.32 Å². The van der Waals surface area contributed by atoms with E-state index >= 15 is 0 Å². The molecule has 1 atom stereocenters. The minimum atomic E-state index is -1.13. The minimum absolute atomic E-state index is 0.0827. The predicted molar refractivity (Wildman–Crippen MR) is 64.5 cm³/mol. The molecular formula is C11H19NO3S. The van der Waals surface area contributed by atoms with E-state index in [2.05, 4.69) is 5.32 Å². The molecule has 0 aromatic rings. The number of carbonyl (C=O) groups excluding carboxylic acids is 1. The van der Waals surface area contributed by atoms with Gasteiger partial charge < -0.3 is 10.4 Å². The van der Waals surface area contributed by atoms with Gasteiger partial charge in [-0.2, -0.15) is 11.8 Å². The van der Waals surface area contributed by atoms with E-state index in [0.717, 1.165) is 18.6 Å². The van der Waals surface area contributed by atoms with E-state index in [4.69, 9.17) is 5.11 Å². The molecule has 0 aliphatic heterocycles. The summed E-state index contributed by atoms with van der Waals surface area (Å²) in [6.45, 7) is 2.00. The van der Waals surface area contributed by atoms with Crippen LogP contribution in [0.15, 0.2) is 0 Å². The Hall–Kier alpha value is -0.710. The van der Waals surface area contributed by atoms with Crippen LogP contribution in [0.2, 0.25) is 0 Å². The second kappa shape index (κ2) is 5.57. The quantitative estimate of drug-likeness (QED) is 0.696. The number of carboxylic acids is 1. The molecular weight excluding hydrogens is 226 g/mol. The smallest absolute Gasteiger partial charge is 0.319 e. The van der Waals surface area contributed by atoms with Crippen LogP contribution in [-0.4, -0.2) is 35.0 Å². The summed E-state index contributed by atoms with van der Waals surface area (Å²) in [5.74, 6) is -0.444. The largest absolute Gasteiger partial charge is 0.480 e. The van der Waals surface area contributed by atoms with E-state index in [1.165, 1.54) is 0 Å². The Kier molecular flexibility index (Phi) is 4.65. The van der Waals surface area contributed by atoms with Gasteiger partial charge in [-0.25, -0.2) is 0 Å². The summed E-state index contributed by atoms with van der Waals surface area (Å²) in [6, 6.07) is 0.0827. The van der Waals surface area contributed by atoms with Crippen LogP contribution in [0.25, 0.3) is 0 Å². The molecule has 2 N–H and O–H groups in total. The third-order valence-electron chi connectivity index (χ3n) is 3.25. The van der Waals surface area contributed by atoms with Gasteiger partial charge in [0, 0.05) is 11.8 Å². The molecule has 0 radical (unpaired) electrons. The molecule has 0 spiro atoms. The Morgan fingerprint density at radius 2 is 2.12 bits per heavy atom. The Labute approximate surface area is 100 Å². The van der Waals surface area contributed by atoms with E-state index < -0.39 is 11.4 Å². The van der Waals surface area contributed by atoms with Gasteiger partial charge in [0.25, 0.3) is 0 Å². The second-order valence-corrected chi connectivity index (χ2v) is 5.19. The number of hydrogen-bond acceptors (Lipinski definition) is 3. The van der Waals surface area contributed by atoms with E-state index in [-0.39, 0.29) is 11.9 Å². The summed E-state index contributed by atoms with van der Waals surface area (Å²) in [6.07, 6.45) is 4.60. The van der Waals surface area contributed by atoms with Gasteiger partial charge in [0.15, 0.2) is 0 Å². The molecule has 0 saturated heterocycles. The molecule has 0 aromatic heterocycles. The standard InChI is InChI=1S/C11H19NO3S/c1-3-8(7-16-2)12-9(13)11(10(14)15)5-4-6-11/h8H,3-7H2,1-2H3,(H,12,13)(H,14,15). The molecule has 0 aromatic carbocycles. The topological polar surface area (TPSA) is 66.4 Å². The van der Waals surface area contributed by atoms with Crippen LogP contribution in [-0.2, 0) is 9.59 Å². The van der Waals surface area contributed by atoms with Crippen molar-refractivity contribution in [3.63, 3.8) is 0 Å². The lowest BCUT2D eigenvalue weighted by atomic mass is 9.68. The fourth-order valence-electron chi connectivity index (χ4n) is 1.85. The first-order chi connectivity index (χ1) is 7.56. The molecule has 16 heavy (non-hydrogen) atoms. The van der Waals surface area contributed by atoms with Gasteiger partial charge in [-0.05, 0) is 25.5 Å². The Morgan fingerprint density at radius 1 is 1.50 bits per heavy atom. The summed E-state index contributed by atoms with van der Waals surface area (Å²) < 4.78 is 0. The lowest BCUT2D eigenvalue weighted by molar-refractivity contribution is -0.162. The third kappa shape index (κ3) is 2.51. The number of rotatable bonds is 6. The average molecular weight is 245 g/mol. The van der Waals surface area contributed by atoms with Crippen molar-refractivity contribution in [3.05, 3.63) is 0 Å².